The molecule has 4 aromatic rings. The average molecular weight is 543 g/mol. The molecule has 2 radical (unpaired) electrons. The molecule has 0 atom stereocenters. The normalized spacial score (nSPS) is 11.2. The van der Waals surface area contributed by atoms with Crippen LogP contribution in [0.1, 0.15) is 10.4 Å². The van der Waals surface area contributed by atoms with Gasteiger partial charge in [-0.3, -0.25) is 24.9 Å². The van der Waals surface area contributed by atoms with E-state index in [-0.39, 0.29) is 16.4 Å². The Morgan fingerprint density at radius 3 is 2.50 bits per heavy atom. The van der Waals surface area contributed by atoms with Crippen LogP contribution in [0.15, 0.2) is 70.9 Å². The number of benzene rings is 3. The van der Waals surface area contributed by atoms with Crippen molar-refractivity contribution in [3.05, 3.63) is 92.6 Å². The summed E-state index contributed by atoms with van der Waals surface area (Å²) in [4.78, 5) is 26.9. The number of carbonyl (C=O) groups excluding carboxylic acids is 1. The number of nitro groups is 1. The molecule has 0 unspecified atom stereocenters. The predicted octanol–water partition coefficient (Wildman–Crippen LogP) is 4.36. The zero-order chi connectivity index (χ0) is 26.0. The van der Waals surface area contributed by atoms with E-state index in [1.165, 1.54) is 0 Å². The number of nitrogens with zero attached hydrogens (tertiary/aromatic N) is 2. The quantitative estimate of drug-likeness (QED) is 0.203. The topological polar surface area (TPSA) is 131 Å². The summed E-state index contributed by atoms with van der Waals surface area (Å²) in [5.41, 5.74) is 0.981. The Kier molecular flexibility index (Phi) is 7.06. The van der Waals surface area contributed by atoms with E-state index in [0.29, 0.717) is 11.2 Å². The Morgan fingerprint density at radius 2 is 1.83 bits per heavy atom. The maximum atomic E-state index is 14.0. The molecule has 3 aromatic carbocycles. The van der Waals surface area contributed by atoms with Gasteiger partial charge in [-0.1, -0.05) is 41.3 Å². The maximum Gasteiger partial charge on any atom is 0.271 e. The summed E-state index contributed by atoms with van der Waals surface area (Å²) in [5.74, 6) is -1.56. The second-order valence-corrected chi connectivity index (χ2v) is 10.2. The molecule has 0 aliphatic carbocycles. The van der Waals surface area contributed by atoms with Gasteiger partial charge in [0.25, 0.3) is 21.6 Å². The maximum absolute atomic E-state index is 14.0. The van der Waals surface area contributed by atoms with Crippen molar-refractivity contribution < 1.29 is 22.5 Å². The molecule has 2 N–H and O–H groups in total. The molecule has 1 aromatic heterocycles. The first-order valence-electron chi connectivity index (χ1n) is 9.92. The van der Waals surface area contributed by atoms with Crippen molar-refractivity contribution in [1.82, 2.24) is 4.98 Å². The number of thiazole rings is 1. The fourth-order valence-corrected chi connectivity index (χ4v) is 5.43. The van der Waals surface area contributed by atoms with Crippen LogP contribution in [0.5, 0.6) is 0 Å². The molecule has 0 fully saturated rings. The Labute approximate surface area is 214 Å². The van der Waals surface area contributed by atoms with Gasteiger partial charge in [0.15, 0.2) is 5.13 Å². The SMILES string of the molecule is [B]c1ccc(-c2csc(NC(=O)c3ccc(F)cc3NS(=O)(=O)c3ccc([N+](=O)[O-])cc3Cl)n2)cc1. The van der Waals surface area contributed by atoms with Crippen molar-refractivity contribution in [3.8, 4) is 11.3 Å². The lowest BCUT2D eigenvalue weighted by Gasteiger charge is -2.13. The highest BCUT2D eigenvalue weighted by Gasteiger charge is 2.24. The fraction of sp³-hybridized carbons (Fsp3) is 0. The van der Waals surface area contributed by atoms with E-state index in [1.54, 1.807) is 29.6 Å². The van der Waals surface area contributed by atoms with E-state index >= 15 is 0 Å². The van der Waals surface area contributed by atoms with Crippen LogP contribution in [-0.2, 0) is 10.0 Å². The lowest BCUT2D eigenvalue weighted by molar-refractivity contribution is -0.384. The molecule has 36 heavy (non-hydrogen) atoms. The highest BCUT2D eigenvalue weighted by atomic mass is 35.5. The van der Waals surface area contributed by atoms with Crippen molar-refractivity contribution in [1.29, 1.82) is 0 Å². The summed E-state index contributed by atoms with van der Waals surface area (Å²) in [5, 5.41) is 15.0. The summed E-state index contributed by atoms with van der Waals surface area (Å²) < 4.78 is 41.9. The van der Waals surface area contributed by atoms with Crippen molar-refractivity contribution in [2.45, 2.75) is 4.90 Å². The standard InChI is InChI=1S/C22H13BClFN4O5S2/c23-13-3-1-12(2-4-13)19-11-35-22(26-19)27-21(30)16-7-5-14(25)9-18(16)28-36(33,34)20-8-6-15(29(31)32)10-17(20)24/h1-11,28H,(H,26,27,30). The van der Waals surface area contributed by atoms with Gasteiger partial charge in [0.1, 0.15) is 18.6 Å². The molecular formula is C22H13BClFN4O5S2. The van der Waals surface area contributed by atoms with Crippen molar-refractivity contribution in [2.75, 3.05) is 10.0 Å². The van der Waals surface area contributed by atoms with Gasteiger partial charge >= 0.3 is 0 Å². The smallest absolute Gasteiger partial charge is 0.271 e. The third kappa shape index (κ3) is 5.53. The van der Waals surface area contributed by atoms with Gasteiger partial charge in [0, 0.05) is 23.1 Å². The molecule has 4 rings (SSSR count). The van der Waals surface area contributed by atoms with Crippen LogP contribution in [0, 0.1) is 15.9 Å². The van der Waals surface area contributed by atoms with E-state index in [2.05, 4.69) is 15.0 Å². The second-order valence-electron chi connectivity index (χ2n) is 7.28. The van der Waals surface area contributed by atoms with Gasteiger partial charge in [-0.15, -0.1) is 11.3 Å². The molecule has 0 aliphatic heterocycles. The average Bonchev–Trinajstić information content (AvgIpc) is 3.27. The molecule has 1 heterocycles. The van der Waals surface area contributed by atoms with Crippen LogP contribution in [-0.4, -0.2) is 32.1 Å². The Bertz CT molecular complexity index is 1600. The minimum Gasteiger partial charge on any atom is -0.298 e. The van der Waals surface area contributed by atoms with Gasteiger partial charge in [0.05, 0.1) is 26.9 Å². The number of nitro benzene ring substituents is 1. The first-order chi connectivity index (χ1) is 17.0. The summed E-state index contributed by atoms with van der Waals surface area (Å²) in [7, 11) is 1.25. The molecule has 0 saturated carbocycles. The monoisotopic (exact) mass is 542 g/mol. The Hall–Kier alpha value is -3.81. The van der Waals surface area contributed by atoms with Crippen LogP contribution < -0.4 is 15.5 Å². The van der Waals surface area contributed by atoms with Gasteiger partial charge in [-0.2, -0.15) is 0 Å². The van der Waals surface area contributed by atoms with Crippen LogP contribution in [0.4, 0.5) is 20.9 Å². The Morgan fingerprint density at radius 1 is 1.11 bits per heavy atom. The number of rotatable bonds is 7. The number of halogens is 2. The van der Waals surface area contributed by atoms with Gasteiger partial charge < -0.3 is 0 Å². The molecule has 0 bridgehead atoms. The van der Waals surface area contributed by atoms with Gasteiger partial charge in [-0.05, 0) is 24.3 Å². The molecule has 14 heteroatoms. The number of nitrogens with one attached hydrogen (secondary N) is 2. The largest absolute Gasteiger partial charge is 0.298 e. The molecular weight excluding hydrogens is 530 g/mol. The van der Waals surface area contributed by atoms with Crippen molar-refractivity contribution >= 4 is 68.7 Å². The predicted molar refractivity (Wildman–Crippen MR) is 136 cm³/mol. The number of anilines is 2. The highest BCUT2D eigenvalue weighted by molar-refractivity contribution is 7.92. The number of carbonyl (C=O) groups is 1. The van der Waals surface area contributed by atoms with Crippen LogP contribution >= 0.6 is 22.9 Å². The molecule has 1 amide bonds. The first-order valence-corrected chi connectivity index (χ1v) is 12.7. The summed E-state index contributed by atoms with van der Waals surface area (Å²) in [6.45, 7) is 0. The van der Waals surface area contributed by atoms with Crippen LogP contribution in [0.2, 0.25) is 5.02 Å². The van der Waals surface area contributed by atoms with E-state index in [1.807, 2.05) is 0 Å². The lowest BCUT2D eigenvalue weighted by Crippen LogP contribution is -2.19. The zero-order valence-corrected chi connectivity index (χ0v) is 20.3. The van der Waals surface area contributed by atoms with E-state index in [0.717, 1.165) is 53.3 Å². The van der Waals surface area contributed by atoms with E-state index < -0.39 is 42.3 Å². The van der Waals surface area contributed by atoms with Gasteiger partial charge in [0.2, 0.25) is 0 Å². The number of non-ortho nitro benzene ring substituents is 1. The first kappa shape index (κ1) is 25.3. The number of hydrogen-bond donors (Lipinski definition) is 2. The van der Waals surface area contributed by atoms with E-state index in [4.69, 9.17) is 19.4 Å². The van der Waals surface area contributed by atoms with E-state index in [9.17, 15) is 27.7 Å². The van der Waals surface area contributed by atoms with Crippen LogP contribution in [0.25, 0.3) is 11.3 Å². The molecule has 0 saturated heterocycles. The van der Waals surface area contributed by atoms with Gasteiger partial charge in [-0.25, -0.2) is 17.8 Å². The molecule has 9 nitrogen and oxygen atoms in total. The summed E-state index contributed by atoms with van der Waals surface area (Å²) in [6, 6.07) is 12.7. The number of amides is 1. The Balaban J connectivity index is 1.59. The zero-order valence-electron chi connectivity index (χ0n) is 17.9. The summed E-state index contributed by atoms with van der Waals surface area (Å²) >= 11 is 7.07. The third-order valence-electron chi connectivity index (χ3n) is 4.82. The lowest BCUT2D eigenvalue weighted by atomic mass is 9.95. The minimum atomic E-state index is -4.44. The fourth-order valence-electron chi connectivity index (χ4n) is 3.10. The molecule has 0 aliphatic rings. The minimum absolute atomic E-state index is 0.192. The number of hydrogen-bond acceptors (Lipinski definition) is 7. The number of sulfonamides is 1. The highest BCUT2D eigenvalue weighted by Crippen LogP contribution is 2.30. The van der Waals surface area contributed by atoms with Crippen molar-refractivity contribution in [2.24, 2.45) is 0 Å². The molecule has 180 valence electrons. The van der Waals surface area contributed by atoms with Crippen LogP contribution in [0.3, 0.4) is 0 Å². The molecule has 0 spiro atoms. The summed E-state index contributed by atoms with van der Waals surface area (Å²) in [6.07, 6.45) is 0. The number of aromatic nitrogens is 1. The van der Waals surface area contributed by atoms with Crippen molar-refractivity contribution in [3.63, 3.8) is 0 Å². The second kappa shape index (κ2) is 10.1. The third-order valence-corrected chi connectivity index (χ3v) is 7.42.